The third kappa shape index (κ3) is 3.60. The van der Waals surface area contributed by atoms with Crippen molar-refractivity contribution < 1.29 is 13.2 Å². The van der Waals surface area contributed by atoms with Crippen LogP contribution < -0.4 is 5.32 Å². The molecular formula is C14H16F3N3. The molecule has 0 spiro atoms. The standard InChI is InChI=1S/C14H16F3N3/c1-9(18-7-13-8-19-10(2)20-13)11-3-5-12(6-4-11)14(15,16)17/h3-6,8-9,18H,7H2,1-2H3,(H,19,20). The van der Waals surface area contributed by atoms with E-state index in [0.29, 0.717) is 6.54 Å². The highest BCUT2D eigenvalue weighted by Gasteiger charge is 2.30. The Labute approximate surface area is 115 Å². The first-order valence-electron chi connectivity index (χ1n) is 6.27. The molecule has 0 aliphatic rings. The summed E-state index contributed by atoms with van der Waals surface area (Å²) < 4.78 is 37.4. The van der Waals surface area contributed by atoms with E-state index in [1.54, 1.807) is 6.20 Å². The maximum Gasteiger partial charge on any atom is 0.416 e. The molecule has 20 heavy (non-hydrogen) atoms. The van der Waals surface area contributed by atoms with E-state index < -0.39 is 11.7 Å². The highest BCUT2D eigenvalue weighted by atomic mass is 19.4. The van der Waals surface area contributed by atoms with Crippen LogP contribution in [-0.4, -0.2) is 9.97 Å². The predicted molar refractivity (Wildman–Crippen MR) is 70.0 cm³/mol. The van der Waals surface area contributed by atoms with E-state index in [1.807, 2.05) is 13.8 Å². The zero-order chi connectivity index (χ0) is 14.8. The lowest BCUT2D eigenvalue weighted by atomic mass is 10.1. The van der Waals surface area contributed by atoms with Crippen LogP contribution in [0.3, 0.4) is 0 Å². The molecule has 3 nitrogen and oxygen atoms in total. The molecule has 1 atom stereocenters. The van der Waals surface area contributed by atoms with Crippen molar-refractivity contribution in [3.05, 3.63) is 53.1 Å². The van der Waals surface area contributed by atoms with Crippen LogP contribution in [0.1, 0.15) is 35.6 Å². The molecule has 0 fully saturated rings. The average Bonchev–Trinajstić information content (AvgIpc) is 2.81. The summed E-state index contributed by atoms with van der Waals surface area (Å²) in [5, 5.41) is 3.23. The van der Waals surface area contributed by atoms with E-state index in [0.717, 1.165) is 29.2 Å². The summed E-state index contributed by atoms with van der Waals surface area (Å²) >= 11 is 0. The zero-order valence-electron chi connectivity index (χ0n) is 11.3. The molecule has 6 heteroatoms. The van der Waals surface area contributed by atoms with Gasteiger partial charge in [0.1, 0.15) is 5.82 Å². The lowest BCUT2D eigenvalue weighted by molar-refractivity contribution is -0.137. The molecule has 2 N–H and O–H groups in total. The zero-order valence-corrected chi connectivity index (χ0v) is 11.3. The van der Waals surface area contributed by atoms with Gasteiger partial charge >= 0.3 is 6.18 Å². The van der Waals surface area contributed by atoms with Crippen LogP contribution in [0, 0.1) is 6.92 Å². The first kappa shape index (κ1) is 14.6. The average molecular weight is 283 g/mol. The van der Waals surface area contributed by atoms with E-state index in [1.165, 1.54) is 12.1 Å². The number of nitrogens with zero attached hydrogens (tertiary/aromatic N) is 1. The van der Waals surface area contributed by atoms with Gasteiger partial charge in [-0.15, -0.1) is 0 Å². The molecule has 0 aliphatic heterocycles. The number of hydrogen-bond acceptors (Lipinski definition) is 2. The highest BCUT2D eigenvalue weighted by molar-refractivity contribution is 5.26. The topological polar surface area (TPSA) is 40.7 Å². The van der Waals surface area contributed by atoms with Crippen molar-refractivity contribution in [3.8, 4) is 0 Å². The molecule has 1 aromatic heterocycles. The smallest absolute Gasteiger partial charge is 0.345 e. The number of alkyl halides is 3. The molecular weight excluding hydrogens is 267 g/mol. The summed E-state index contributed by atoms with van der Waals surface area (Å²) in [5.74, 6) is 0.837. The minimum Gasteiger partial charge on any atom is -0.345 e. The van der Waals surface area contributed by atoms with Gasteiger partial charge in [-0.1, -0.05) is 12.1 Å². The first-order valence-corrected chi connectivity index (χ1v) is 6.27. The Morgan fingerprint density at radius 2 is 1.90 bits per heavy atom. The number of H-pyrrole nitrogens is 1. The number of hydrogen-bond donors (Lipinski definition) is 2. The van der Waals surface area contributed by atoms with Crippen molar-refractivity contribution in [2.75, 3.05) is 0 Å². The summed E-state index contributed by atoms with van der Waals surface area (Å²) in [6.45, 7) is 4.36. The van der Waals surface area contributed by atoms with Crippen LogP contribution in [0.4, 0.5) is 13.2 Å². The van der Waals surface area contributed by atoms with Gasteiger partial charge in [0, 0.05) is 24.5 Å². The number of rotatable bonds is 4. The van der Waals surface area contributed by atoms with Gasteiger partial charge in [0.25, 0.3) is 0 Å². The minimum atomic E-state index is -4.29. The summed E-state index contributed by atoms with van der Waals surface area (Å²) in [7, 11) is 0. The normalized spacial score (nSPS) is 13.4. The van der Waals surface area contributed by atoms with Gasteiger partial charge in [0.15, 0.2) is 0 Å². The van der Waals surface area contributed by atoms with Crippen molar-refractivity contribution in [1.82, 2.24) is 15.3 Å². The summed E-state index contributed by atoms with van der Waals surface area (Å²) in [4.78, 5) is 7.17. The first-order chi connectivity index (χ1) is 9.36. The van der Waals surface area contributed by atoms with Crippen LogP contribution in [0.25, 0.3) is 0 Å². The molecule has 1 heterocycles. The Balaban J connectivity index is 1.97. The van der Waals surface area contributed by atoms with Gasteiger partial charge in [-0.05, 0) is 31.5 Å². The molecule has 0 aliphatic carbocycles. The van der Waals surface area contributed by atoms with Crippen molar-refractivity contribution in [1.29, 1.82) is 0 Å². The molecule has 0 saturated carbocycles. The van der Waals surface area contributed by atoms with Gasteiger partial charge in [-0.2, -0.15) is 13.2 Å². The highest BCUT2D eigenvalue weighted by Crippen LogP contribution is 2.29. The van der Waals surface area contributed by atoms with Crippen molar-refractivity contribution >= 4 is 0 Å². The Bertz CT molecular complexity index is 558. The van der Waals surface area contributed by atoms with Crippen LogP contribution in [0.15, 0.2) is 30.5 Å². The van der Waals surface area contributed by atoms with Gasteiger partial charge in [-0.25, -0.2) is 4.98 Å². The third-order valence-corrected chi connectivity index (χ3v) is 3.09. The van der Waals surface area contributed by atoms with Gasteiger partial charge < -0.3 is 10.3 Å². The van der Waals surface area contributed by atoms with Crippen molar-refractivity contribution in [2.24, 2.45) is 0 Å². The number of halogens is 3. The molecule has 0 bridgehead atoms. The Morgan fingerprint density at radius 1 is 1.25 bits per heavy atom. The minimum absolute atomic E-state index is 0.0408. The predicted octanol–water partition coefficient (Wildman–Crippen LogP) is 3.59. The number of aryl methyl sites for hydroxylation is 1. The maximum absolute atomic E-state index is 12.5. The van der Waals surface area contributed by atoms with E-state index in [-0.39, 0.29) is 6.04 Å². The maximum atomic E-state index is 12.5. The Kier molecular flexibility index (Phi) is 4.13. The van der Waals surface area contributed by atoms with Gasteiger partial charge in [0.2, 0.25) is 0 Å². The molecule has 1 unspecified atom stereocenters. The van der Waals surface area contributed by atoms with Crippen LogP contribution in [0.2, 0.25) is 0 Å². The quantitative estimate of drug-likeness (QED) is 0.900. The molecule has 1 aromatic carbocycles. The lowest BCUT2D eigenvalue weighted by Gasteiger charge is -2.14. The molecule has 0 amide bonds. The summed E-state index contributed by atoms with van der Waals surface area (Å²) in [5.41, 5.74) is 1.13. The van der Waals surface area contributed by atoms with Crippen molar-refractivity contribution in [3.63, 3.8) is 0 Å². The fourth-order valence-electron chi connectivity index (χ4n) is 1.90. The second kappa shape index (κ2) is 5.66. The van der Waals surface area contributed by atoms with Gasteiger partial charge in [-0.3, -0.25) is 0 Å². The number of aromatic nitrogens is 2. The number of imidazole rings is 1. The number of nitrogens with one attached hydrogen (secondary N) is 2. The SMILES string of the molecule is Cc1ncc(CNC(C)c2ccc(C(F)(F)F)cc2)[nH]1. The molecule has 0 saturated heterocycles. The van der Waals surface area contributed by atoms with E-state index in [4.69, 9.17) is 0 Å². The second-order valence-corrected chi connectivity index (χ2v) is 4.72. The largest absolute Gasteiger partial charge is 0.416 e. The van der Waals surface area contributed by atoms with E-state index in [9.17, 15) is 13.2 Å². The van der Waals surface area contributed by atoms with Gasteiger partial charge in [0.05, 0.1) is 5.56 Å². The molecule has 0 radical (unpaired) electrons. The van der Waals surface area contributed by atoms with Crippen LogP contribution >= 0.6 is 0 Å². The summed E-state index contributed by atoms with van der Waals surface area (Å²) in [6.07, 6.45) is -2.55. The van der Waals surface area contributed by atoms with Crippen LogP contribution in [0.5, 0.6) is 0 Å². The number of aromatic amines is 1. The van der Waals surface area contributed by atoms with E-state index in [2.05, 4.69) is 15.3 Å². The monoisotopic (exact) mass is 283 g/mol. The van der Waals surface area contributed by atoms with E-state index >= 15 is 0 Å². The van der Waals surface area contributed by atoms with Crippen molar-refractivity contribution in [2.45, 2.75) is 32.6 Å². The molecule has 2 rings (SSSR count). The fraction of sp³-hybridized carbons (Fsp3) is 0.357. The Hall–Kier alpha value is -1.82. The molecule has 108 valence electrons. The second-order valence-electron chi connectivity index (χ2n) is 4.72. The van der Waals surface area contributed by atoms with Crippen LogP contribution in [-0.2, 0) is 12.7 Å². The number of benzene rings is 1. The molecule has 2 aromatic rings. The Morgan fingerprint density at radius 3 is 2.40 bits per heavy atom. The lowest BCUT2D eigenvalue weighted by Crippen LogP contribution is -2.18. The fourth-order valence-corrected chi connectivity index (χ4v) is 1.90. The third-order valence-electron chi connectivity index (χ3n) is 3.09. The summed E-state index contributed by atoms with van der Waals surface area (Å²) in [6, 6.07) is 5.17.